The van der Waals surface area contributed by atoms with E-state index in [1.165, 1.54) is 17.4 Å². The molecule has 3 aromatic rings. The molecule has 1 saturated heterocycles. The Labute approximate surface area is 171 Å². The van der Waals surface area contributed by atoms with Gasteiger partial charge in [-0.1, -0.05) is 0 Å². The quantitative estimate of drug-likeness (QED) is 0.484. The van der Waals surface area contributed by atoms with E-state index < -0.39 is 18.1 Å². The molecule has 0 amide bonds. The molecule has 0 aliphatic carbocycles. The molecule has 8 nitrogen and oxygen atoms in total. The zero-order valence-electron chi connectivity index (χ0n) is 16.1. The van der Waals surface area contributed by atoms with Gasteiger partial charge in [0.1, 0.15) is 11.5 Å². The van der Waals surface area contributed by atoms with Gasteiger partial charge < -0.3 is 20.8 Å². The van der Waals surface area contributed by atoms with Crippen LogP contribution in [0.1, 0.15) is 36.9 Å². The van der Waals surface area contributed by atoms with Crippen molar-refractivity contribution >= 4 is 32.5 Å². The summed E-state index contributed by atoms with van der Waals surface area (Å²) in [6, 6.07) is 3.03. The molecule has 3 aromatic heterocycles. The molecule has 0 saturated carbocycles. The van der Waals surface area contributed by atoms with Crippen molar-refractivity contribution in [1.82, 2.24) is 19.9 Å². The van der Waals surface area contributed by atoms with Gasteiger partial charge in [0, 0.05) is 26.3 Å². The predicted octanol–water partition coefficient (Wildman–Crippen LogP) is 2.50. The number of aromatic nitrogens is 3. The summed E-state index contributed by atoms with van der Waals surface area (Å²) < 4.78 is 14.3. The lowest BCUT2D eigenvalue weighted by Gasteiger charge is -2.23. The van der Waals surface area contributed by atoms with Crippen LogP contribution in [-0.4, -0.2) is 56.3 Å². The number of likely N-dealkylation sites (tertiary alicyclic amines) is 1. The third kappa shape index (κ3) is 4.15. The first-order chi connectivity index (χ1) is 13.9. The maximum Gasteiger partial charge on any atom is 0.224 e. The number of fused-ring (bicyclic) bond motifs is 1. The van der Waals surface area contributed by atoms with Crippen molar-refractivity contribution in [1.29, 1.82) is 0 Å². The summed E-state index contributed by atoms with van der Waals surface area (Å²) in [6.07, 6.45) is 1.96. The van der Waals surface area contributed by atoms with Crippen LogP contribution in [0, 0.1) is 5.82 Å². The van der Waals surface area contributed by atoms with Crippen LogP contribution in [0.4, 0.5) is 15.3 Å². The highest BCUT2D eigenvalue weighted by Gasteiger charge is 2.30. The zero-order chi connectivity index (χ0) is 20.5. The Hall–Kier alpha value is -2.40. The van der Waals surface area contributed by atoms with Crippen LogP contribution in [0.25, 0.3) is 10.2 Å². The molecule has 1 aliphatic heterocycles. The first-order valence-corrected chi connectivity index (χ1v) is 10.2. The van der Waals surface area contributed by atoms with Crippen LogP contribution in [0.3, 0.4) is 0 Å². The predicted molar refractivity (Wildman–Crippen MR) is 110 cm³/mol. The standard InChI is InChI=1S/C19H23FN6O2S/c1-10(11-5-12(20)8-22-7-11)23-19-24-14-6-15(21-2)29-17(14)16(25-19)18(28)26-4-3-13(27)9-26/h5-8,10,13,18,21,27-28H,3-4,9H2,1-2H3,(H,23,24,25)/t10-,13+,18?/m0/s1. The van der Waals surface area contributed by atoms with Gasteiger partial charge in [0.05, 0.1) is 33.6 Å². The number of pyridine rings is 1. The SMILES string of the molecule is CNc1cc2nc(N[C@@H](C)c3cncc(F)c3)nc(C(O)N3CC[C@@H](O)C3)c2s1. The van der Waals surface area contributed by atoms with Crippen molar-refractivity contribution in [2.45, 2.75) is 31.7 Å². The molecule has 1 aliphatic rings. The van der Waals surface area contributed by atoms with E-state index in [9.17, 15) is 14.6 Å². The van der Waals surface area contributed by atoms with Gasteiger partial charge in [0.25, 0.3) is 0 Å². The van der Waals surface area contributed by atoms with Crippen molar-refractivity contribution in [3.63, 3.8) is 0 Å². The minimum Gasteiger partial charge on any atom is -0.392 e. The molecule has 0 spiro atoms. The van der Waals surface area contributed by atoms with Crippen LogP contribution in [0.15, 0.2) is 24.5 Å². The van der Waals surface area contributed by atoms with E-state index >= 15 is 0 Å². The van der Waals surface area contributed by atoms with Crippen molar-refractivity contribution in [3.05, 3.63) is 41.6 Å². The van der Waals surface area contributed by atoms with E-state index in [1.807, 2.05) is 20.0 Å². The van der Waals surface area contributed by atoms with Crippen LogP contribution in [-0.2, 0) is 0 Å². The van der Waals surface area contributed by atoms with E-state index in [0.29, 0.717) is 42.2 Å². The van der Waals surface area contributed by atoms with Crippen molar-refractivity contribution < 1.29 is 14.6 Å². The third-order valence-corrected chi connectivity index (χ3v) is 6.17. The molecule has 1 unspecified atom stereocenters. The Morgan fingerprint density at radius 1 is 1.31 bits per heavy atom. The summed E-state index contributed by atoms with van der Waals surface area (Å²) in [7, 11) is 1.82. The van der Waals surface area contributed by atoms with E-state index in [0.717, 1.165) is 15.9 Å². The topological polar surface area (TPSA) is 106 Å². The Morgan fingerprint density at radius 3 is 2.83 bits per heavy atom. The van der Waals surface area contributed by atoms with Gasteiger partial charge in [0.15, 0.2) is 6.23 Å². The van der Waals surface area contributed by atoms with Crippen LogP contribution in [0.5, 0.6) is 0 Å². The first kappa shape index (κ1) is 19.9. The van der Waals surface area contributed by atoms with Gasteiger partial charge in [0.2, 0.25) is 5.95 Å². The number of aliphatic hydroxyl groups excluding tert-OH is 2. The monoisotopic (exact) mass is 418 g/mol. The average molecular weight is 418 g/mol. The third-order valence-electron chi connectivity index (χ3n) is 5.00. The Kier molecular flexibility index (Phi) is 5.59. The van der Waals surface area contributed by atoms with Gasteiger partial charge in [-0.25, -0.2) is 14.4 Å². The average Bonchev–Trinajstić information content (AvgIpc) is 3.32. The maximum absolute atomic E-state index is 13.5. The number of β-amino-alcohol motifs (C(OH)–C–C–N with tert-alkyl or cyclic N) is 1. The summed E-state index contributed by atoms with van der Waals surface area (Å²) in [5.41, 5.74) is 1.86. The summed E-state index contributed by atoms with van der Waals surface area (Å²) in [5, 5.41) is 28.0. The molecule has 0 aromatic carbocycles. The number of nitrogens with zero attached hydrogens (tertiary/aromatic N) is 4. The van der Waals surface area contributed by atoms with Gasteiger partial charge in [-0.2, -0.15) is 0 Å². The fraction of sp³-hybridized carbons (Fsp3) is 0.421. The number of halogens is 1. The number of rotatable bonds is 6. The molecule has 3 atom stereocenters. The van der Waals surface area contributed by atoms with Gasteiger partial charge in [-0.15, -0.1) is 11.3 Å². The molecule has 1 fully saturated rings. The van der Waals surface area contributed by atoms with Crippen LogP contribution < -0.4 is 10.6 Å². The molecule has 4 heterocycles. The second-order valence-electron chi connectivity index (χ2n) is 7.12. The van der Waals surface area contributed by atoms with Crippen molar-refractivity contribution in [2.24, 2.45) is 0 Å². The number of thiophene rings is 1. The minimum atomic E-state index is -0.951. The highest BCUT2D eigenvalue weighted by Crippen LogP contribution is 2.36. The lowest BCUT2D eigenvalue weighted by molar-refractivity contribution is 0.00845. The van der Waals surface area contributed by atoms with E-state index in [2.05, 4.69) is 25.6 Å². The molecule has 4 rings (SSSR count). The summed E-state index contributed by atoms with van der Waals surface area (Å²) >= 11 is 1.47. The molecule has 154 valence electrons. The summed E-state index contributed by atoms with van der Waals surface area (Å²) in [4.78, 5) is 14.8. The second kappa shape index (κ2) is 8.15. The summed E-state index contributed by atoms with van der Waals surface area (Å²) in [5.74, 6) is -0.0729. The van der Waals surface area contributed by atoms with E-state index in [-0.39, 0.29) is 6.04 Å². The fourth-order valence-corrected chi connectivity index (χ4v) is 4.38. The smallest absolute Gasteiger partial charge is 0.224 e. The molecular formula is C19H23FN6O2S. The molecule has 10 heteroatoms. The summed E-state index contributed by atoms with van der Waals surface area (Å²) in [6.45, 7) is 2.85. The molecule has 29 heavy (non-hydrogen) atoms. The fourth-order valence-electron chi connectivity index (χ4n) is 3.42. The number of aliphatic hydroxyl groups is 2. The maximum atomic E-state index is 13.5. The molecule has 0 bridgehead atoms. The lowest BCUT2D eigenvalue weighted by Crippen LogP contribution is -2.28. The molecule has 4 N–H and O–H groups in total. The molecule has 0 radical (unpaired) electrons. The number of hydrogen-bond donors (Lipinski definition) is 4. The van der Waals surface area contributed by atoms with E-state index in [1.54, 1.807) is 11.1 Å². The highest BCUT2D eigenvalue weighted by molar-refractivity contribution is 7.22. The van der Waals surface area contributed by atoms with Gasteiger partial charge in [-0.3, -0.25) is 9.88 Å². The van der Waals surface area contributed by atoms with Gasteiger partial charge >= 0.3 is 0 Å². The van der Waals surface area contributed by atoms with Crippen molar-refractivity contribution in [2.75, 3.05) is 30.8 Å². The van der Waals surface area contributed by atoms with Crippen LogP contribution in [0.2, 0.25) is 0 Å². The zero-order valence-corrected chi connectivity index (χ0v) is 16.9. The largest absolute Gasteiger partial charge is 0.392 e. The Bertz CT molecular complexity index is 1020. The van der Waals surface area contributed by atoms with Crippen LogP contribution >= 0.6 is 11.3 Å². The van der Waals surface area contributed by atoms with Gasteiger partial charge in [-0.05, 0) is 31.0 Å². The Morgan fingerprint density at radius 2 is 2.14 bits per heavy atom. The number of nitrogens with one attached hydrogen (secondary N) is 2. The minimum absolute atomic E-state index is 0.281. The second-order valence-corrected chi connectivity index (χ2v) is 8.17. The molecular weight excluding hydrogens is 395 g/mol. The number of anilines is 2. The lowest BCUT2D eigenvalue weighted by atomic mass is 10.1. The first-order valence-electron chi connectivity index (χ1n) is 9.41. The Balaban J connectivity index is 1.69. The number of hydrogen-bond acceptors (Lipinski definition) is 9. The normalized spacial score (nSPS) is 19.4. The van der Waals surface area contributed by atoms with E-state index in [4.69, 9.17) is 0 Å². The highest BCUT2D eigenvalue weighted by atomic mass is 32.1. The van der Waals surface area contributed by atoms with Crippen molar-refractivity contribution in [3.8, 4) is 0 Å².